The van der Waals surface area contributed by atoms with E-state index in [1.807, 2.05) is 37.8 Å². The fraction of sp³-hybridized carbons (Fsp3) is 0.643. The Morgan fingerprint density at radius 3 is 2.74 bits per heavy atom. The molecule has 1 saturated heterocycles. The lowest BCUT2D eigenvalue weighted by Crippen LogP contribution is -2.53. The van der Waals surface area contributed by atoms with Gasteiger partial charge >= 0.3 is 0 Å². The van der Waals surface area contributed by atoms with Crippen molar-refractivity contribution in [3.8, 4) is 0 Å². The zero-order chi connectivity index (χ0) is 13.8. The van der Waals surface area contributed by atoms with E-state index in [9.17, 15) is 4.79 Å². The van der Waals surface area contributed by atoms with Gasteiger partial charge in [0, 0.05) is 13.1 Å². The van der Waals surface area contributed by atoms with Gasteiger partial charge in [0.15, 0.2) is 0 Å². The number of hydrogen-bond donors (Lipinski definition) is 1. The summed E-state index contributed by atoms with van der Waals surface area (Å²) in [6, 6.07) is 3.51. The molecular weight excluding hydrogens is 244 g/mol. The molecule has 3 atom stereocenters. The predicted molar refractivity (Wildman–Crippen MR) is 71.6 cm³/mol. The Labute approximate surface area is 113 Å². The van der Waals surface area contributed by atoms with Gasteiger partial charge in [-0.25, -0.2) is 0 Å². The Bertz CT molecular complexity index is 395. The number of carbonyl (C=O) groups is 1. The van der Waals surface area contributed by atoms with Crippen LogP contribution in [0.3, 0.4) is 0 Å². The number of nitrogens with zero attached hydrogens (tertiary/aromatic N) is 1. The van der Waals surface area contributed by atoms with Crippen LogP contribution in [0.2, 0.25) is 0 Å². The number of nitrogens with one attached hydrogen (secondary N) is 1. The lowest BCUT2D eigenvalue weighted by atomic mass is 10.2. The Hall–Kier alpha value is -1.33. The summed E-state index contributed by atoms with van der Waals surface area (Å²) in [6.45, 7) is 7.77. The zero-order valence-corrected chi connectivity index (χ0v) is 11.8. The van der Waals surface area contributed by atoms with Crippen molar-refractivity contribution in [3.05, 3.63) is 24.2 Å². The van der Waals surface area contributed by atoms with Crippen LogP contribution in [-0.4, -0.2) is 42.1 Å². The molecule has 1 N–H and O–H groups in total. The second-order valence-corrected chi connectivity index (χ2v) is 5.18. The quantitative estimate of drug-likeness (QED) is 0.895. The number of rotatable bonds is 4. The minimum Gasteiger partial charge on any atom is -0.468 e. The fourth-order valence-corrected chi connectivity index (χ4v) is 2.39. The molecule has 0 aliphatic carbocycles. The van der Waals surface area contributed by atoms with E-state index in [0.717, 1.165) is 5.76 Å². The van der Waals surface area contributed by atoms with Crippen LogP contribution >= 0.6 is 0 Å². The average Bonchev–Trinajstić information content (AvgIpc) is 2.87. The van der Waals surface area contributed by atoms with Crippen molar-refractivity contribution in [3.63, 3.8) is 0 Å². The van der Waals surface area contributed by atoms with Crippen molar-refractivity contribution in [1.29, 1.82) is 0 Å². The van der Waals surface area contributed by atoms with Gasteiger partial charge < -0.3 is 14.1 Å². The second-order valence-electron chi connectivity index (χ2n) is 5.18. The lowest BCUT2D eigenvalue weighted by Gasteiger charge is -2.36. The molecule has 0 radical (unpaired) electrons. The first-order chi connectivity index (χ1) is 9.06. The third kappa shape index (κ3) is 3.81. The first-order valence-corrected chi connectivity index (χ1v) is 6.76. The number of amides is 1. The first kappa shape index (κ1) is 14.1. The van der Waals surface area contributed by atoms with E-state index in [2.05, 4.69) is 5.32 Å². The number of ether oxygens (including phenoxy) is 1. The lowest BCUT2D eigenvalue weighted by molar-refractivity contribution is -0.145. The minimum absolute atomic E-state index is 0.102. The summed E-state index contributed by atoms with van der Waals surface area (Å²) in [6.07, 6.45) is 1.84. The molecule has 0 spiro atoms. The van der Waals surface area contributed by atoms with E-state index in [1.54, 1.807) is 6.26 Å². The normalized spacial score (nSPS) is 25.3. The summed E-state index contributed by atoms with van der Waals surface area (Å²) < 4.78 is 10.9. The molecule has 0 bridgehead atoms. The molecule has 1 amide bonds. The average molecular weight is 266 g/mol. The molecule has 1 aromatic rings. The van der Waals surface area contributed by atoms with Gasteiger partial charge in [0.1, 0.15) is 5.76 Å². The van der Waals surface area contributed by atoms with Gasteiger partial charge in [-0.15, -0.1) is 0 Å². The summed E-state index contributed by atoms with van der Waals surface area (Å²) in [5.74, 6) is 0.955. The molecule has 106 valence electrons. The monoisotopic (exact) mass is 266 g/mol. The van der Waals surface area contributed by atoms with E-state index in [1.165, 1.54) is 0 Å². The molecular formula is C14H22N2O3. The van der Waals surface area contributed by atoms with Gasteiger partial charge in [-0.3, -0.25) is 10.1 Å². The van der Waals surface area contributed by atoms with Crippen LogP contribution in [-0.2, 0) is 16.1 Å². The molecule has 1 aromatic heterocycles. The fourth-order valence-electron chi connectivity index (χ4n) is 2.39. The summed E-state index contributed by atoms with van der Waals surface area (Å²) in [7, 11) is 0. The zero-order valence-electron chi connectivity index (χ0n) is 11.8. The summed E-state index contributed by atoms with van der Waals surface area (Å²) in [4.78, 5) is 14.2. The molecule has 0 unspecified atom stereocenters. The maximum atomic E-state index is 12.3. The van der Waals surface area contributed by atoms with Gasteiger partial charge in [-0.2, -0.15) is 0 Å². The van der Waals surface area contributed by atoms with E-state index >= 15 is 0 Å². The molecule has 1 fully saturated rings. The number of morpholine rings is 1. The first-order valence-electron chi connectivity index (χ1n) is 6.76. The standard InChI is InChI=1S/C14H22N2O3/c1-10-8-16(9-11(2)19-10)14(17)12(3)15-7-13-5-4-6-18-13/h4-6,10-12,15H,7-9H2,1-3H3/t10-,11+,12-/m0/s1. The Morgan fingerprint density at radius 2 is 2.16 bits per heavy atom. The molecule has 5 heteroatoms. The third-order valence-electron chi connectivity index (χ3n) is 3.26. The van der Waals surface area contributed by atoms with Crippen molar-refractivity contribution >= 4 is 5.91 Å². The van der Waals surface area contributed by atoms with Crippen LogP contribution in [0, 0.1) is 0 Å². The third-order valence-corrected chi connectivity index (χ3v) is 3.26. The van der Waals surface area contributed by atoms with Crippen LogP contribution in [0.4, 0.5) is 0 Å². The Balaban J connectivity index is 1.84. The Morgan fingerprint density at radius 1 is 1.47 bits per heavy atom. The highest BCUT2D eigenvalue weighted by molar-refractivity contribution is 5.81. The summed E-state index contributed by atoms with van der Waals surface area (Å²) >= 11 is 0. The van der Waals surface area contributed by atoms with Crippen molar-refractivity contribution < 1.29 is 13.9 Å². The van der Waals surface area contributed by atoms with Crippen LogP contribution in [0.1, 0.15) is 26.5 Å². The predicted octanol–water partition coefficient (Wildman–Crippen LogP) is 1.39. The molecule has 5 nitrogen and oxygen atoms in total. The smallest absolute Gasteiger partial charge is 0.239 e. The van der Waals surface area contributed by atoms with Gasteiger partial charge in [-0.05, 0) is 32.9 Å². The van der Waals surface area contributed by atoms with E-state index < -0.39 is 0 Å². The van der Waals surface area contributed by atoms with Crippen molar-refractivity contribution in [1.82, 2.24) is 10.2 Å². The molecule has 19 heavy (non-hydrogen) atoms. The van der Waals surface area contributed by atoms with E-state index in [0.29, 0.717) is 19.6 Å². The maximum absolute atomic E-state index is 12.3. The van der Waals surface area contributed by atoms with Crippen LogP contribution in [0.25, 0.3) is 0 Å². The highest BCUT2D eigenvalue weighted by atomic mass is 16.5. The Kier molecular flexibility index (Phi) is 4.61. The largest absolute Gasteiger partial charge is 0.468 e. The van der Waals surface area contributed by atoms with Gasteiger partial charge in [0.05, 0.1) is 31.1 Å². The topological polar surface area (TPSA) is 54.7 Å². The van der Waals surface area contributed by atoms with E-state index in [-0.39, 0.29) is 24.2 Å². The van der Waals surface area contributed by atoms with Crippen LogP contribution in [0.15, 0.2) is 22.8 Å². The maximum Gasteiger partial charge on any atom is 0.239 e. The van der Waals surface area contributed by atoms with Crippen LogP contribution < -0.4 is 5.32 Å². The summed E-state index contributed by atoms with van der Waals surface area (Å²) in [5.41, 5.74) is 0. The molecule has 2 rings (SSSR count). The molecule has 2 heterocycles. The van der Waals surface area contributed by atoms with Crippen molar-refractivity contribution in [2.45, 2.75) is 45.6 Å². The van der Waals surface area contributed by atoms with E-state index in [4.69, 9.17) is 9.15 Å². The molecule has 1 aliphatic rings. The minimum atomic E-state index is -0.220. The van der Waals surface area contributed by atoms with Crippen molar-refractivity contribution in [2.24, 2.45) is 0 Å². The SMILES string of the molecule is C[C@@H]1CN(C(=O)[C@H](C)NCc2ccco2)C[C@H](C)O1. The number of furan rings is 1. The second kappa shape index (κ2) is 6.21. The molecule has 0 aromatic carbocycles. The number of hydrogen-bond acceptors (Lipinski definition) is 4. The van der Waals surface area contributed by atoms with Gasteiger partial charge in [0.25, 0.3) is 0 Å². The van der Waals surface area contributed by atoms with Crippen molar-refractivity contribution in [2.75, 3.05) is 13.1 Å². The molecule has 0 saturated carbocycles. The summed E-state index contributed by atoms with van der Waals surface area (Å²) in [5, 5.41) is 3.19. The highest BCUT2D eigenvalue weighted by Crippen LogP contribution is 2.12. The van der Waals surface area contributed by atoms with Gasteiger partial charge in [0.2, 0.25) is 5.91 Å². The highest BCUT2D eigenvalue weighted by Gasteiger charge is 2.28. The van der Waals surface area contributed by atoms with Crippen LogP contribution in [0.5, 0.6) is 0 Å². The molecule has 1 aliphatic heterocycles. The van der Waals surface area contributed by atoms with Gasteiger partial charge in [-0.1, -0.05) is 0 Å². The number of carbonyl (C=O) groups excluding carboxylic acids is 1.